The van der Waals surface area contributed by atoms with Crippen LogP contribution >= 0.6 is 0 Å². The maximum Gasteiger partial charge on any atom is 0.241 e. The number of hydrogen-bond donors (Lipinski definition) is 1. The number of aryl methyl sites for hydroxylation is 2. The van der Waals surface area contributed by atoms with Gasteiger partial charge in [0.25, 0.3) is 0 Å². The number of nitrogens with one attached hydrogen (secondary N) is 1. The Labute approximate surface area is 178 Å². The molecule has 1 heterocycles. The summed E-state index contributed by atoms with van der Waals surface area (Å²) in [4.78, 5) is 29.5. The lowest BCUT2D eigenvalue weighted by molar-refractivity contribution is -0.133. The van der Waals surface area contributed by atoms with Gasteiger partial charge in [-0.25, -0.2) is 0 Å². The minimum atomic E-state index is -0.250. The van der Waals surface area contributed by atoms with E-state index in [0.29, 0.717) is 32.6 Å². The van der Waals surface area contributed by atoms with E-state index in [0.717, 1.165) is 28.1 Å². The van der Waals surface area contributed by atoms with Gasteiger partial charge in [-0.05, 0) is 49.6 Å². The number of rotatable bonds is 6. The van der Waals surface area contributed by atoms with E-state index in [4.69, 9.17) is 4.74 Å². The Kier molecular flexibility index (Phi) is 7.11. The highest BCUT2D eigenvalue weighted by molar-refractivity contribution is 5.95. The average molecular weight is 410 g/mol. The molecule has 1 unspecified atom stereocenters. The molecule has 6 nitrogen and oxygen atoms in total. The molecule has 0 bridgehead atoms. The zero-order chi connectivity index (χ0) is 21.7. The van der Waals surface area contributed by atoms with Crippen molar-refractivity contribution in [3.05, 3.63) is 59.2 Å². The van der Waals surface area contributed by atoms with E-state index in [9.17, 15) is 9.59 Å². The summed E-state index contributed by atoms with van der Waals surface area (Å²) in [5, 5.41) is 3.08. The smallest absolute Gasteiger partial charge is 0.241 e. The Bertz CT molecular complexity index is 884. The number of nitrogens with zero attached hydrogens (tertiary/aromatic N) is 2. The minimum Gasteiger partial charge on any atom is -0.497 e. The van der Waals surface area contributed by atoms with Gasteiger partial charge < -0.3 is 15.0 Å². The molecule has 0 aliphatic carbocycles. The molecule has 1 aliphatic heterocycles. The van der Waals surface area contributed by atoms with Crippen LogP contribution in [0.3, 0.4) is 0 Å². The molecule has 1 fully saturated rings. The van der Waals surface area contributed by atoms with Gasteiger partial charge in [-0.1, -0.05) is 30.3 Å². The number of hydrogen-bond acceptors (Lipinski definition) is 4. The highest BCUT2D eigenvalue weighted by Gasteiger charge is 2.28. The first-order chi connectivity index (χ1) is 14.4. The minimum absolute atomic E-state index is 0.0106. The van der Waals surface area contributed by atoms with Gasteiger partial charge in [0.15, 0.2) is 0 Å². The first-order valence-electron chi connectivity index (χ1n) is 10.4. The Morgan fingerprint density at radius 2 is 1.67 bits per heavy atom. The lowest BCUT2D eigenvalue weighted by atomic mass is 10.1. The van der Waals surface area contributed by atoms with Crippen LogP contribution in [0.25, 0.3) is 0 Å². The molecule has 3 rings (SSSR count). The molecule has 160 valence electrons. The fourth-order valence-electron chi connectivity index (χ4n) is 3.83. The molecule has 2 aromatic rings. The Morgan fingerprint density at radius 3 is 2.30 bits per heavy atom. The van der Waals surface area contributed by atoms with Crippen LogP contribution in [0.1, 0.15) is 23.6 Å². The van der Waals surface area contributed by atoms with Crippen LogP contribution in [-0.4, -0.2) is 60.9 Å². The van der Waals surface area contributed by atoms with Gasteiger partial charge in [-0.15, -0.1) is 0 Å². The van der Waals surface area contributed by atoms with Gasteiger partial charge in [-0.2, -0.15) is 0 Å². The summed E-state index contributed by atoms with van der Waals surface area (Å²) < 4.78 is 5.23. The Hall–Kier alpha value is -2.86. The van der Waals surface area contributed by atoms with Crippen molar-refractivity contribution in [2.75, 3.05) is 38.6 Å². The molecule has 0 spiro atoms. The number of para-hydroxylation sites is 1. The summed E-state index contributed by atoms with van der Waals surface area (Å²) in [6.45, 7) is 8.56. The molecule has 0 aromatic heterocycles. The normalized spacial score (nSPS) is 15.5. The van der Waals surface area contributed by atoms with Gasteiger partial charge in [0.1, 0.15) is 5.75 Å². The molecular formula is C24H31N3O3. The molecule has 0 radical (unpaired) electrons. The molecule has 6 heteroatoms. The standard InChI is InChI=1S/C24H31N3O3/c1-17-7-5-8-18(2)23(17)25-24(29)19(3)26-11-13-27(14-12-26)22(28)16-20-9-6-10-21(15-20)30-4/h5-10,15,19H,11-14,16H2,1-4H3,(H,25,29). The van der Waals surface area contributed by atoms with Crippen molar-refractivity contribution in [3.63, 3.8) is 0 Å². The number of methoxy groups -OCH3 is 1. The topological polar surface area (TPSA) is 61.9 Å². The average Bonchev–Trinajstić information content (AvgIpc) is 2.76. The molecule has 1 saturated heterocycles. The van der Waals surface area contributed by atoms with E-state index >= 15 is 0 Å². The van der Waals surface area contributed by atoms with Gasteiger partial charge >= 0.3 is 0 Å². The van der Waals surface area contributed by atoms with Crippen molar-refractivity contribution in [3.8, 4) is 5.75 Å². The van der Waals surface area contributed by atoms with Gasteiger partial charge in [0, 0.05) is 31.9 Å². The summed E-state index contributed by atoms with van der Waals surface area (Å²) in [5.74, 6) is 0.855. The van der Waals surface area contributed by atoms with Crippen LogP contribution in [0.5, 0.6) is 5.75 Å². The second-order valence-electron chi connectivity index (χ2n) is 7.88. The number of carbonyl (C=O) groups excluding carboxylic acids is 2. The Morgan fingerprint density at radius 1 is 1.03 bits per heavy atom. The maximum atomic E-state index is 12.8. The molecule has 1 aliphatic rings. The van der Waals surface area contributed by atoms with Gasteiger partial charge in [-0.3, -0.25) is 14.5 Å². The van der Waals surface area contributed by atoms with Crippen molar-refractivity contribution in [2.45, 2.75) is 33.2 Å². The largest absolute Gasteiger partial charge is 0.497 e. The van der Waals surface area contributed by atoms with E-state index in [1.165, 1.54) is 0 Å². The fraction of sp³-hybridized carbons (Fsp3) is 0.417. The lowest BCUT2D eigenvalue weighted by Gasteiger charge is -2.37. The second kappa shape index (κ2) is 9.76. The first kappa shape index (κ1) is 21.8. The molecule has 30 heavy (non-hydrogen) atoms. The third-order valence-corrected chi connectivity index (χ3v) is 5.81. The van der Waals surface area contributed by atoms with Crippen molar-refractivity contribution >= 4 is 17.5 Å². The summed E-state index contributed by atoms with van der Waals surface area (Å²) in [6.07, 6.45) is 0.361. The molecular weight excluding hydrogens is 378 g/mol. The van der Waals surface area contributed by atoms with Crippen molar-refractivity contribution in [1.29, 1.82) is 0 Å². The van der Waals surface area contributed by atoms with E-state index < -0.39 is 0 Å². The second-order valence-corrected chi connectivity index (χ2v) is 7.88. The van der Waals surface area contributed by atoms with E-state index in [-0.39, 0.29) is 17.9 Å². The Balaban J connectivity index is 1.52. The molecule has 2 amide bonds. The van der Waals surface area contributed by atoms with E-state index in [2.05, 4.69) is 10.2 Å². The lowest BCUT2D eigenvalue weighted by Crippen LogP contribution is -2.54. The molecule has 1 N–H and O–H groups in total. The zero-order valence-electron chi connectivity index (χ0n) is 18.3. The number of anilines is 1. The number of ether oxygens (including phenoxy) is 1. The predicted molar refractivity (Wildman–Crippen MR) is 119 cm³/mol. The molecule has 0 saturated carbocycles. The van der Waals surface area contributed by atoms with Crippen LogP contribution in [0.4, 0.5) is 5.69 Å². The third kappa shape index (κ3) is 5.19. The number of amides is 2. The van der Waals surface area contributed by atoms with Crippen molar-refractivity contribution in [2.24, 2.45) is 0 Å². The van der Waals surface area contributed by atoms with Crippen LogP contribution in [-0.2, 0) is 16.0 Å². The summed E-state index contributed by atoms with van der Waals surface area (Å²) >= 11 is 0. The van der Waals surface area contributed by atoms with Crippen molar-refractivity contribution in [1.82, 2.24) is 9.80 Å². The molecule has 1 atom stereocenters. The van der Waals surface area contributed by atoms with Crippen LogP contribution < -0.4 is 10.1 Å². The molecule has 2 aromatic carbocycles. The van der Waals surface area contributed by atoms with Crippen LogP contribution in [0.15, 0.2) is 42.5 Å². The number of piperazine rings is 1. The number of benzene rings is 2. The highest BCUT2D eigenvalue weighted by atomic mass is 16.5. The van der Waals surface area contributed by atoms with Gasteiger partial charge in [0.2, 0.25) is 11.8 Å². The monoisotopic (exact) mass is 409 g/mol. The van der Waals surface area contributed by atoms with Crippen LogP contribution in [0.2, 0.25) is 0 Å². The van der Waals surface area contributed by atoms with E-state index in [1.807, 2.05) is 68.1 Å². The number of carbonyl (C=O) groups is 2. The van der Waals surface area contributed by atoms with E-state index in [1.54, 1.807) is 7.11 Å². The predicted octanol–water partition coefficient (Wildman–Crippen LogP) is 3.03. The van der Waals surface area contributed by atoms with Crippen LogP contribution in [0, 0.1) is 13.8 Å². The third-order valence-electron chi connectivity index (χ3n) is 5.81. The summed E-state index contributed by atoms with van der Waals surface area (Å²) in [7, 11) is 1.62. The summed E-state index contributed by atoms with van der Waals surface area (Å²) in [5.41, 5.74) is 3.96. The van der Waals surface area contributed by atoms with Crippen molar-refractivity contribution < 1.29 is 14.3 Å². The fourth-order valence-corrected chi connectivity index (χ4v) is 3.83. The SMILES string of the molecule is COc1cccc(CC(=O)N2CCN(C(C)C(=O)Nc3c(C)cccc3C)CC2)c1. The quantitative estimate of drug-likeness (QED) is 0.797. The highest BCUT2D eigenvalue weighted by Crippen LogP contribution is 2.20. The maximum absolute atomic E-state index is 12.8. The van der Waals surface area contributed by atoms with Gasteiger partial charge in [0.05, 0.1) is 19.6 Å². The first-order valence-corrected chi connectivity index (χ1v) is 10.4. The summed E-state index contributed by atoms with van der Waals surface area (Å²) in [6, 6.07) is 13.4. The zero-order valence-corrected chi connectivity index (χ0v) is 18.3.